The van der Waals surface area contributed by atoms with Gasteiger partial charge in [0.15, 0.2) is 0 Å². The highest BCUT2D eigenvalue weighted by molar-refractivity contribution is 5.75. The molecule has 1 aliphatic carbocycles. The molecule has 7 heteroatoms. The number of hydrogen-bond acceptors (Lipinski definition) is 3. The molecule has 1 saturated carbocycles. The Morgan fingerprint density at radius 1 is 1.22 bits per heavy atom. The van der Waals surface area contributed by atoms with Crippen molar-refractivity contribution >= 4 is 5.91 Å². The second kappa shape index (κ2) is 6.28. The number of nitrogens with zero attached hydrogens (tertiary/aromatic N) is 2. The summed E-state index contributed by atoms with van der Waals surface area (Å²) in [5.41, 5.74) is 0.187. The zero-order chi connectivity index (χ0) is 16.4. The third kappa shape index (κ3) is 3.61. The van der Waals surface area contributed by atoms with Crippen LogP contribution in [0.2, 0.25) is 0 Å². The van der Waals surface area contributed by atoms with E-state index in [1.54, 1.807) is 6.07 Å². The lowest BCUT2D eigenvalue weighted by molar-refractivity contribution is -0.122. The van der Waals surface area contributed by atoms with Crippen molar-refractivity contribution in [3.8, 4) is 0 Å². The number of halogens is 2. The van der Waals surface area contributed by atoms with Crippen molar-refractivity contribution in [2.24, 2.45) is 0 Å². The third-order valence-electron chi connectivity index (χ3n) is 3.70. The number of aromatic nitrogens is 2. The van der Waals surface area contributed by atoms with Gasteiger partial charge in [0.2, 0.25) is 5.91 Å². The van der Waals surface area contributed by atoms with Crippen LogP contribution in [0.5, 0.6) is 0 Å². The van der Waals surface area contributed by atoms with Gasteiger partial charge in [0.05, 0.1) is 5.69 Å². The molecule has 0 radical (unpaired) electrons. The zero-order valence-electron chi connectivity index (χ0n) is 12.3. The Balaban J connectivity index is 1.66. The molecule has 23 heavy (non-hydrogen) atoms. The number of hydrogen-bond donors (Lipinski definition) is 1. The second-order valence-corrected chi connectivity index (χ2v) is 5.51. The first-order chi connectivity index (χ1) is 11.0. The zero-order valence-corrected chi connectivity index (χ0v) is 12.3. The van der Waals surface area contributed by atoms with Crippen LogP contribution in [-0.4, -0.2) is 15.7 Å². The summed E-state index contributed by atoms with van der Waals surface area (Å²) in [6.07, 6.45) is 2.06. The molecule has 1 fully saturated rings. The van der Waals surface area contributed by atoms with Crippen LogP contribution in [0.1, 0.15) is 30.0 Å². The van der Waals surface area contributed by atoms with Crippen molar-refractivity contribution < 1.29 is 13.6 Å². The molecule has 1 amide bonds. The molecule has 2 aromatic rings. The highest BCUT2D eigenvalue weighted by atomic mass is 19.1. The fourth-order valence-electron chi connectivity index (χ4n) is 2.25. The molecule has 120 valence electrons. The molecule has 1 aromatic heterocycles. The minimum atomic E-state index is -0.726. The van der Waals surface area contributed by atoms with Crippen LogP contribution in [-0.2, 0) is 17.9 Å². The van der Waals surface area contributed by atoms with Gasteiger partial charge in [-0.3, -0.25) is 9.59 Å². The summed E-state index contributed by atoms with van der Waals surface area (Å²) in [7, 11) is 0. The maximum atomic E-state index is 13.5. The monoisotopic (exact) mass is 319 g/mol. The van der Waals surface area contributed by atoms with E-state index in [-0.39, 0.29) is 24.2 Å². The van der Waals surface area contributed by atoms with E-state index in [0.29, 0.717) is 5.92 Å². The van der Waals surface area contributed by atoms with Gasteiger partial charge in [-0.15, -0.1) is 0 Å². The summed E-state index contributed by atoms with van der Waals surface area (Å²) in [5.74, 6) is -1.62. The van der Waals surface area contributed by atoms with Gasteiger partial charge in [-0.25, -0.2) is 13.5 Å². The molecule has 0 spiro atoms. The van der Waals surface area contributed by atoms with Crippen LogP contribution in [0.15, 0.2) is 35.1 Å². The Morgan fingerprint density at radius 3 is 2.57 bits per heavy atom. The molecule has 0 saturated heterocycles. The van der Waals surface area contributed by atoms with E-state index < -0.39 is 17.5 Å². The van der Waals surface area contributed by atoms with E-state index in [0.717, 1.165) is 35.4 Å². The smallest absolute Gasteiger partial charge is 0.267 e. The van der Waals surface area contributed by atoms with Crippen molar-refractivity contribution in [3.63, 3.8) is 0 Å². The number of amides is 1. The van der Waals surface area contributed by atoms with Gasteiger partial charge in [0, 0.05) is 24.1 Å². The topological polar surface area (TPSA) is 64.0 Å². The van der Waals surface area contributed by atoms with E-state index in [2.05, 4.69) is 10.4 Å². The Kier molecular flexibility index (Phi) is 4.18. The molecule has 5 nitrogen and oxygen atoms in total. The molecule has 1 aromatic carbocycles. The lowest BCUT2D eigenvalue weighted by Crippen LogP contribution is -2.33. The summed E-state index contributed by atoms with van der Waals surface area (Å²) >= 11 is 0. The molecule has 3 rings (SSSR count). The van der Waals surface area contributed by atoms with Crippen LogP contribution in [0.3, 0.4) is 0 Å². The van der Waals surface area contributed by atoms with Crippen LogP contribution in [0.25, 0.3) is 0 Å². The lowest BCUT2D eigenvalue weighted by Gasteiger charge is -2.09. The SMILES string of the molecule is O=C(Cn1nc(C2CC2)ccc1=O)NCc1c(F)cccc1F. The highest BCUT2D eigenvalue weighted by Gasteiger charge is 2.25. The molecule has 0 aliphatic heterocycles. The largest absolute Gasteiger partial charge is 0.350 e. The molecule has 1 heterocycles. The van der Waals surface area contributed by atoms with Crippen molar-refractivity contribution in [3.05, 3.63) is 63.6 Å². The van der Waals surface area contributed by atoms with Crippen LogP contribution < -0.4 is 10.9 Å². The Bertz CT molecular complexity index is 780. The van der Waals surface area contributed by atoms with Gasteiger partial charge in [-0.2, -0.15) is 5.10 Å². The van der Waals surface area contributed by atoms with Crippen LogP contribution in [0, 0.1) is 11.6 Å². The summed E-state index contributed by atoms with van der Waals surface area (Å²) in [6, 6.07) is 6.54. The lowest BCUT2D eigenvalue weighted by atomic mass is 10.2. The molecule has 1 N–H and O–H groups in total. The molecular formula is C16H15F2N3O2. The fourth-order valence-corrected chi connectivity index (χ4v) is 2.25. The normalized spacial score (nSPS) is 13.8. The predicted molar refractivity (Wildman–Crippen MR) is 78.7 cm³/mol. The first-order valence-electron chi connectivity index (χ1n) is 7.32. The van der Waals surface area contributed by atoms with Crippen molar-refractivity contribution in [2.75, 3.05) is 0 Å². The average Bonchev–Trinajstić information content (AvgIpc) is 3.34. The predicted octanol–water partition coefficient (Wildman–Crippen LogP) is 1.72. The van der Waals surface area contributed by atoms with Crippen molar-refractivity contribution in [1.29, 1.82) is 0 Å². The number of carbonyl (C=O) groups is 1. The number of benzene rings is 1. The number of carbonyl (C=O) groups excluding carboxylic acids is 1. The second-order valence-electron chi connectivity index (χ2n) is 5.51. The Hall–Kier alpha value is -2.57. The van der Waals surface area contributed by atoms with Gasteiger partial charge >= 0.3 is 0 Å². The van der Waals surface area contributed by atoms with Gasteiger partial charge < -0.3 is 5.32 Å². The van der Waals surface area contributed by atoms with Crippen LogP contribution in [0.4, 0.5) is 8.78 Å². The summed E-state index contributed by atoms with van der Waals surface area (Å²) in [6.45, 7) is -0.566. The Labute approximate surface area is 130 Å². The summed E-state index contributed by atoms with van der Waals surface area (Å²) < 4.78 is 28.0. The van der Waals surface area contributed by atoms with E-state index in [9.17, 15) is 18.4 Å². The molecule has 0 unspecified atom stereocenters. The van der Waals surface area contributed by atoms with Crippen molar-refractivity contribution in [2.45, 2.75) is 31.8 Å². The number of nitrogens with one attached hydrogen (secondary N) is 1. The molecule has 1 aliphatic rings. The summed E-state index contributed by atoms with van der Waals surface area (Å²) in [5, 5.41) is 6.56. The first-order valence-corrected chi connectivity index (χ1v) is 7.32. The molecule has 0 atom stereocenters. The average molecular weight is 319 g/mol. The minimum Gasteiger partial charge on any atom is -0.350 e. The number of rotatable bonds is 5. The summed E-state index contributed by atoms with van der Waals surface area (Å²) in [4.78, 5) is 23.6. The van der Waals surface area contributed by atoms with Gasteiger partial charge in [-0.1, -0.05) is 6.07 Å². The fraction of sp³-hybridized carbons (Fsp3) is 0.312. The van der Waals surface area contributed by atoms with Gasteiger partial charge in [0.25, 0.3) is 5.56 Å². The van der Waals surface area contributed by atoms with E-state index >= 15 is 0 Å². The van der Waals surface area contributed by atoms with E-state index in [1.807, 2.05) is 0 Å². The Morgan fingerprint density at radius 2 is 1.91 bits per heavy atom. The minimum absolute atomic E-state index is 0.215. The van der Waals surface area contributed by atoms with Gasteiger partial charge in [-0.05, 0) is 31.0 Å². The maximum Gasteiger partial charge on any atom is 0.267 e. The maximum absolute atomic E-state index is 13.5. The van der Waals surface area contributed by atoms with E-state index in [4.69, 9.17) is 0 Å². The quantitative estimate of drug-likeness (QED) is 0.912. The standard InChI is InChI=1S/C16H15F2N3O2/c17-12-2-1-3-13(18)11(12)8-19-15(22)9-21-16(23)7-6-14(20-21)10-4-5-10/h1-3,6-7,10H,4-5,8-9H2,(H,19,22). The molecule has 0 bridgehead atoms. The first kappa shape index (κ1) is 15.3. The third-order valence-corrected chi connectivity index (χ3v) is 3.70. The highest BCUT2D eigenvalue weighted by Crippen LogP contribution is 2.38. The van der Waals surface area contributed by atoms with Crippen molar-refractivity contribution in [1.82, 2.24) is 15.1 Å². The molecular weight excluding hydrogens is 304 g/mol. The van der Waals surface area contributed by atoms with E-state index in [1.165, 1.54) is 12.1 Å². The van der Waals surface area contributed by atoms with Gasteiger partial charge in [0.1, 0.15) is 18.2 Å². The van der Waals surface area contributed by atoms with Crippen LogP contribution >= 0.6 is 0 Å².